The summed E-state index contributed by atoms with van der Waals surface area (Å²) in [5.74, 6) is 0. The maximum absolute atomic E-state index is 9.99. The van der Waals surface area contributed by atoms with Crippen LogP contribution in [-0.2, 0) is 9.63 Å². The van der Waals surface area contributed by atoms with E-state index in [1.165, 1.54) is 10.6 Å². The summed E-state index contributed by atoms with van der Waals surface area (Å²) in [6.07, 6.45) is 0. The van der Waals surface area contributed by atoms with Gasteiger partial charge in [-0.3, -0.25) is 4.79 Å². The summed E-state index contributed by atoms with van der Waals surface area (Å²) in [5, 5.41) is 1.41. The molecule has 0 unspecified atom stereocenters. The Kier molecular flexibility index (Phi) is 2.69. The van der Waals surface area contributed by atoms with Gasteiger partial charge in [0.1, 0.15) is 0 Å². The second kappa shape index (κ2) is 3.76. The first-order valence-corrected chi connectivity index (χ1v) is 3.65. The van der Waals surface area contributed by atoms with Crippen molar-refractivity contribution in [1.29, 1.82) is 0 Å². The molecule has 0 saturated carbocycles. The van der Waals surface area contributed by atoms with Crippen molar-refractivity contribution in [2.24, 2.45) is 0 Å². The van der Waals surface area contributed by atoms with E-state index in [4.69, 9.17) is 0 Å². The Morgan fingerprint density at radius 2 is 1.92 bits per heavy atom. The van der Waals surface area contributed by atoms with Crippen LogP contribution in [-0.4, -0.2) is 13.5 Å². The van der Waals surface area contributed by atoms with E-state index in [1.54, 1.807) is 7.05 Å². The quantitative estimate of drug-likeness (QED) is 0.502. The fraction of sp³-hybridized carbons (Fsp3) is 0.222. The van der Waals surface area contributed by atoms with Crippen LogP contribution in [0.15, 0.2) is 24.3 Å². The number of anilines is 1. The van der Waals surface area contributed by atoms with Gasteiger partial charge in [-0.15, -0.1) is 0 Å². The lowest BCUT2D eigenvalue weighted by atomic mass is 10.2. The summed E-state index contributed by atoms with van der Waals surface area (Å²) in [6, 6.07) is 7.69. The number of hydrogen-bond donors (Lipinski definition) is 0. The molecular formula is C9H11NO2. The Labute approximate surface area is 71.5 Å². The van der Waals surface area contributed by atoms with Gasteiger partial charge >= 0.3 is 6.47 Å². The van der Waals surface area contributed by atoms with Crippen LogP contribution < -0.4 is 5.06 Å². The first-order valence-electron chi connectivity index (χ1n) is 3.65. The molecule has 0 bridgehead atoms. The largest absolute Gasteiger partial charge is 0.344 e. The topological polar surface area (TPSA) is 29.5 Å². The first kappa shape index (κ1) is 8.59. The molecule has 0 aliphatic heterocycles. The van der Waals surface area contributed by atoms with Crippen LogP contribution in [0, 0.1) is 6.92 Å². The number of benzene rings is 1. The molecule has 0 aromatic heterocycles. The van der Waals surface area contributed by atoms with Gasteiger partial charge in [0.2, 0.25) is 0 Å². The van der Waals surface area contributed by atoms with E-state index in [9.17, 15) is 4.79 Å². The Morgan fingerprint density at radius 3 is 2.42 bits per heavy atom. The molecule has 64 valence electrons. The molecule has 0 aliphatic carbocycles. The minimum atomic E-state index is 0.403. The van der Waals surface area contributed by atoms with Crippen molar-refractivity contribution in [1.82, 2.24) is 0 Å². The van der Waals surface area contributed by atoms with Gasteiger partial charge in [0.05, 0.1) is 5.69 Å². The van der Waals surface area contributed by atoms with Gasteiger partial charge in [-0.1, -0.05) is 17.7 Å². The van der Waals surface area contributed by atoms with Gasteiger partial charge in [-0.25, -0.2) is 5.06 Å². The van der Waals surface area contributed by atoms with Crippen LogP contribution in [0.1, 0.15) is 5.56 Å². The lowest BCUT2D eigenvalue weighted by Gasteiger charge is -2.14. The molecule has 0 amide bonds. The third kappa shape index (κ3) is 1.99. The van der Waals surface area contributed by atoms with Gasteiger partial charge in [0.25, 0.3) is 0 Å². The van der Waals surface area contributed by atoms with E-state index in [0.717, 1.165) is 5.69 Å². The molecule has 0 aliphatic rings. The molecule has 0 fully saturated rings. The van der Waals surface area contributed by atoms with Gasteiger partial charge in [0, 0.05) is 7.05 Å². The predicted octanol–water partition coefficient (Wildman–Crippen LogP) is 1.52. The molecular weight excluding hydrogens is 154 g/mol. The predicted molar refractivity (Wildman–Crippen MR) is 46.7 cm³/mol. The lowest BCUT2D eigenvalue weighted by molar-refractivity contribution is -0.129. The van der Waals surface area contributed by atoms with Crippen LogP contribution in [0.3, 0.4) is 0 Å². The highest BCUT2D eigenvalue weighted by Crippen LogP contribution is 2.12. The molecule has 3 heteroatoms. The summed E-state index contributed by atoms with van der Waals surface area (Å²) in [6.45, 7) is 2.41. The Balaban J connectivity index is 2.74. The molecule has 3 nitrogen and oxygen atoms in total. The molecule has 0 atom stereocenters. The van der Waals surface area contributed by atoms with E-state index in [2.05, 4.69) is 4.84 Å². The van der Waals surface area contributed by atoms with Gasteiger partial charge in [-0.05, 0) is 19.1 Å². The number of carbonyl (C=O) groups is 1. The molecule has 0 N–H and O–H groups in total. The highest BCUT2D eigenvalue weighted by Gasteiger charge is 1.98. The minimum absolute atomic E-state index is 0.403. The highest BCUT2D eigenvalue weighted by molar-refractivity contribution is 5.48. The highest BCUT2D eigenvalue weighted by atomic mass is 16.7. The number of aryl methyl sites for hydroxylation is 1. The van der Waals surface area contributed by atoms with Crippen LogP contribution in [0.2, 0.25) is 0 Å². The van der Waals surface area contributed by atoms with Crippen molar-refractivity contribution in [3.63, 3.8) is 0 Å². The molecule has 12 heavy (non-hydrogen) atoms. The molecule has 1 rings (SSSR count). The zero-order valence-corrected chi connectivity index (χ0v) is 7.15. The van der Waals surface area contributed by atoms with E-state index >= 15 is 0 Å². The summed E-state index contributed by atoms with van der Waals surface area (Å²) >= 11 is 0. The van der Waals surface area contributed by atoms with Crippen molar-refractivity contribution in [2.45, 2.75) is 6.92 Å². The first-order chi connectivity index (χ1) is 5.74. The number of rotatable bonds is 3. The van der Waals surface area contributed by atoms with E-state index in [-0.39, 0.29) is 0 Å². The molecule has 0 spiro atoms. The third-order valence-corrected chi connectivity index (χ3v) is 1.60. The Morgan fingerprint density at radius 1 is 1.33 bits per heavy atom. The van der Waals surface area contributed by atoms with Crippen molar-refractivity contribution < 1.29 is 9.63 Å². The minimum Gasteiger partial charge on any atom is -0.344 e. The fourth-order valence-corrected chi connectivity index (χ4v) is 0.880. The summed E-state index contributed by atoms with van der Waals surface area (Å²) in [5.41, 5.74) is 2.03. The average Bonchev–Trinajstić information content (AvgIpc) is 2.06. The zero-order valence-electron chi connectivity index (χ0n) is 7.15. The van der Waals surface area contributed by atoms with Gasteiger partial charge in [0.15, 0.2) is 0 Å². The summed E-state index contributed by atoms with van der Waals surface area (Å²) in [7, 11) is 1.68. The van der Waals surface area contributed by atoms with Crippen LogP contribution in [0.4, 0.5) is 5.69 Å². The maximum Gasteiger partial charge on any atom is 0.320 e. The van der Waals surface area contributed by atoms with Crippen molar-refractivity contribution >= 4 is 12.2 Å². The maximum atomic E-state index is 9.99. The Bertz CT molecular complexity index is 256. The van der Waals surface area contributed by atoms with Crippen LogP contribution in [0.5, 0.6) is 0 Å². The standard InChI is InChI=1S/C9H11NO2/c1-8-3-5-9(6-4-8)10(2)12-7-11/h3-7H,1-2H3. The molecule has 1 aromatic carbocycles. The Hall–Kier alpha value is -1.51. The van der Waals surface area contributed by atoms with E-state index in [0.29, 0.717) is 6.47 Å². The van der Waals surface area contributed by atoms with Crippen molar-refractivity contribution in [3.05, 3.63) is 29.8 Å². The summed E-state index contributed by atoms with van der Waals surface area (Å²) < 4.78 is 0. The number of hydroxylamine groups is 1. The SMILES string of the molecule is Cc1ccc(N(C)OC=O)cc1. The van der Waals surface area contributed by atoms with Crippen molar-refractivity contribution in [2.75, 3.05) is 12.1 Å². The number of nitrogens with zero attached hydrogens (tertiary/aromatic N) is 1. The monoisotopic (exact) mass is 165 g/mol. The fourth-order valence-electron chi connectivity index (χ4n) is 0.880. The lowest BCUT2D eigenvalue weighted by Crippen LogP contribution is -2.16. The average molecular weight is 165 g/mol. The number of carbonyl (C=O) groups excluding carboxylic acids is 1. The molecule has 1 aromatic rings. The second-order valence-electron chi connectivity index (χ2n) is 2.53. The third-order valence-electron chi connectivity index (χ3n) is 1.60. The van der Waals surface area contributed by atoms with Crippen LogP contribution >= 0.6 is 0 Å². The zero-order chi connectivity index (χ0) is 8.97. The van der Waals surface area contributed by atoms with Gasteiger partial charge in [-0.2, -0.15) is 0 Å². The molecule has 0 radical (unpaired) electrons. The van der Waals surface area contributed by atoms with E-state index < -0.39 is 0 Å². The molecule has 0 heterocycles. The normalized spacial score (nSPS) is 9.17. The number of hydrogen-bond acceptors (Lipinski definition) is 3. The second-order valence-corrected chi connectivity index (χ2v) is 2.53. The van der Waals surface area contributed by atoms with Crippen molar-refractivity contribution in [3.8, 4) is 0 Å². The van der Waals surface area contributed by atoms with Gasteiger partial charge < -0.3 is 4.84 Å². The van der Waals surface area contributed by atoms with Crippen LogP contribution in [0.25, 0.3) is 0 Å². The summed E-state index contributed by atoms with van der Waals surface area (Å²) in [4.78, 5) is 14.6. The smallest absolute Gasteiger partial charge is 0.320 e. The van der Waals surface area contributed by atoms with E-state index in [1.807, 2.05) is 31.2 Å². The molecule has 0 saturated heterocycles.